The molecule has 1 aliphatic heterocycles. The van der Waals surface area contributed by atoms with Crippen LogP contribution in [0.1, 0.15) is 12.5 Å². The Labute approximate surface area is 115 Å². The van der Waals surface area contributed by atoms with E-state index < -0.39 is 0 Å². The lowest BCUT2D eigenvalue weighted by molar-refractivity contribution is -0.114. The van der Waals surface area contributed by atoms with Crippen molar-refractivity contribution < 1.29 is 4.79 Å². The zero-order valence-corrected chi connectivity index (χ0v) is 11.2. The smallest absolute Gasteiger partial charge is 0.267 e. The van der Waals surface area contributed by atoms with Crippen LogP contribution < -0.4 is 5.01 Å². The summed E-state index contributed by atoms with van der Waals surface area (Å²) in [5, 5.41) is 9.80. The molecule has 4 heteroatoms. The molecule has 0 unspecified atom stereocenters. The number of para-hydroxylation sites is 1. The molecule has 94 valence electrons. The van der Waals surface area contributed by atoms with Gasteiger partial charge in [-0.15, -0.1) is 0 Å². The summed E-state index contributed by atoms with van der Waals surface area (Å²) in [5.41, 5.74) is 3.24. The maximum atomic E-state index is 12.4. The molecule has 0 atom stereocenters. The lowest BCUT2D eigenvalue weighted by atomic mass is 10.1. The zero-order chi connectivity index (χ0) is 13.2. The number of nitrogens with zero attached hydrogens (tertiary/aromatic N) is 2. The Hall–Kier alpha value is -2.20. The van der Waals surface area contributed by atoms with Crippen LogP contribution in [0.2, 0.25) is 0 Å². The molecule has 0 N–H and O–H groups in total. The Kier molecular flexibility index (Phi) is 3.01. The molecule has 1 aromatic carbocycles. The van der Waals surface area contributed by atoms with Crippen LogP contribution in [-0.4, -0.2) is 11.6 Å². The molecule has 2 heterocycles. The molecule has 0 fully saturated rings. The van der Waals surface area contributed by atoms with Crippen LogP contribution >= 0.6 is 11.3 Å². The van der Waals surface area contributed by atoms with Gasteiger partial charge in [-0.2, -0.15) is 21.4 Å². The van der Waals surface area contributed by atoms with Crippen molar-refractivity contribution in [1.29, 1.82) is 0 Å². The second-order valence-electron chi connectivity index (χ2n) is 4.25. The number of hydrogen-bond acceptors (Lipinski definition) is 3. The average Bonchev–Trinajstić information content (AvgIpc) is 3.03. The predicted molar refractivity (Wildman–Crippen MR) is 79.3 cm³/mol. The highest BCUT2D eigenvalue weighted by atomic mass is 32.1. The molecule has 3 rings (SSSR count). The van der Waals surface area contributed by atoms with Crippen LogP contribution in [0.4, 0.5) is 5.69 Å². The van der Waals surface area contributed by atoms with Gasteiger partial charge in [0.2, 0.25) is 0 Å². The van der Waals surface area contributed by atoms with Crippen LogP contribution in [0.3, 0.4) is 0 Å². The molecule has 0 saturated carbocycles. The number of thiophene rings is 1. The van der Waals surface area contributed by atoms with Crippen LogP contribution in [-0.2, 0) is 4.79 Å². The second-order valence-corrected chi connectivity index (χ2v) is 5.03. The standard InChI is InChI=1S/C15H12N2OS/c1-11-14(9-12-7-8-19-10-12)15(18)17(16-11)13-5-3-2-4-6-13/h2-10H,1H3/b14-9+. The highest BCUT2D eigenvalue weighted by Gasteiger charge is 2.28. The van der Waals surface area contributed by atoms with Gasteiger partial charge in [0.25, 0.3) is 5.91 Å². The van der Waals surface area contributed by atoms with Crippen molar-refractivity contribution in [2.45, 2.75) is 6.92 Å². The minimum absolute atomic E-state index is 0.0742. The maximum Gasteiger partial charge on any atom is 0.280 e. The van der Waals surface area contributed by atoms with Gasteiger partial charge < -0.3 is 0 Å². The molecule has 1 aliphatic rings. The monoisotopic (exact) mass is 268 g/mol. The van der Waals surface area contributed by atoms with Crippen molar-refractivity contribution in [3.8, 4) is 0 Å². The summed E-state index contributed by atoms with van der Waals surface area (Å²) in [7, 11) is 0. The van der Waals surface area contributed by atoms with Gasteiger partial charge in [-0.1, -0.05) is 18.2 Å². The van der Waals surface area contributed by atoms with Crippen molar-refractivity contribution in [3.05, 3.63) is 58.3 Å². The van der Waals surface area contributed by atoms with Gasteiger partial charge in [0.1, 0.15) is 0 Å². The van der Waals surface area contributed by atoms with Gasteiger partial charge in [0, 0.05) is 0 Å². The number of benzene rings is 1. The fourth-order valence-electron chi connectivity index (χ4n) is 1.95. The van der Waals surface area contributed by atoms with Crippen LogP contribution in [0.5, 0.6) is 0 Å². The molecule has 1 amide bonds. The van der Waals surface area contributed by atoms with E-state index in [-0.39, 0.29) is 5.91 Å². The van der Waals surface area contributed by atoms with E-state index in [9.17, 15) is 4.79 Å². The third-order valence-corrected chi connectivity index (χ3v) is 3.62. The van der Waals surface area contributed by atoms with Crippen LogP contribution in [0, 0.1) is 0 Å². The van der Waals surface area contributed by atoms with Crippen molar-refractivity contribution in [1.82, 2.24) is 0 Å². The average molecular weight is 268 g/mol. The zero-order valence-electron chi connectivity index (χ0n) is 10.4. The Balaban J connectivity index is 1.96. The van der Waals surface area contributed by atoms with E-state index in [0.717, 1.165) is 17.0 Å². The minimum atomic E-state index is -0.0742. The van der Waals surface area contributed by atoms with Gasteiger partial charge in [-0.05, 0) is 47.5 Å². The third-order valence-electron chi connectivity index (χ3n) is 2.92. The van der Waals surface area contributed by atoms with E-state index in [2.05, 4.69) is 5.10 Å². The number of anilines is 1. The fraction of sp³-hybridized carbons (Fsp3) is 0.0667. The lowest BCUT2D eigenvalue weighted by Crippen LogP contribution is -2.21. The fourth-order valence-corrected chi connectivity index (χ4v) is 2.57. The third kappa shape index (κ3) is 2.22. The first kappa shape index (κ1) is 11.9. The second kappa shape index (κ2) is 4.82. The van der Waals surface area contributed by atoms with Crippen molar-refractivity contribution >= 4 is 34.7 Å². The van der Waals surface area contributed by atoms with E-state index in [1.165, 1.54) is 5.01 Å². The van der Waals surface area contributed by atoms with Crippen LogP contribution in [0.15, 0.2) is 57.8 Å². The molecule has 0 aliphatic carbocycles. The summed E-state index contributed by atoms with van der Waals surface area (Å²) < 4.78 is 0. The summed E-state index contributed by atoms with van der Waals surface area (Å²) in [4.78, 5) is 12.4. The van der Waals surface area contributed by atoms with Gasteiger partial charge in [0.05, 0.1) is 17.0 Å². The van der Waals surface area contributed by atoms with Crippen molar-refractivity contribution in [2.24, 2.45) is 5.10 Å². The Morgan fingerprint density at radius 3 is 2.68 bits per heavy atom. The van der Waals surface area contributed by atoms with E-state index in [1.54, 1.807) is 11.3 Å². The number of carbonyl (C=O) groups is 1. The molecule has 19 heavy (non-hydrogen) atoms. The van der Waals surface area contributed by atoms with Crippen molar-refractivity contribution in [2.75, 3.05) is 5.01 Å². The summed E-state index contributed by atoms with van der Waals surface area (Å²) in [6, 6.07) is 11.5. The van der Waals surface area contributed by atoms with Gasteiger partial charge >= 0.3 is 0 Å². The molecule has 0 saturated heterocycles. The highest BCUT2D eigenvalue weighted by Crippen LogP contribution is 2.24. The topological polar surface area (TPSA) is 32.7 Å². The molecule has 0 bridgehead atoms. The molecular weight excluding hydrogens is 256 g/mol. The number of rotatable bonds is 2. The number of amides is 1. The molecule has 0 radical (unpaired) electrons. The van der Waals surface area contributed by atoms with Gasteiger partial charge in [-0.3, -0.25) is 4.79 Å². The van der Waals surface area contributed by atoms with Gasteiger partial charge in [-0.25, -0.2) is 0 Å². The number of carbonyl (C=O) groups excluding carboxylic acids is 1. The first-order valence-electron chi connectivity index (χ1n) is 5.95. The first-order valence-corrected chi connectivity index (χ1v) is 6.89. The predicted octanol–water partition coefficient (Wildman–Crippen LogP) is 3.55. The largest absolute Gasteiger partial charge is 0.280 e. The summed E-state index contributed by atoms with van der Waals surface area (Å²) >= 11 is 1.61. The van der Waals surface area contributed by atoms with E-state index >= 15 is 0 Å². The van der Waals surface area contributed by atoms with Gasteiger partial charge in [0.15, 0.2) is 0 Å². The molecule has 3 nitrogen and oxygen atoms in total. The Bertz CT molecular complexity index is 657. The molecular formula is C15H12N2OS. The maximum absolute atomic E-state index is 12.4. The Morgan fingerprint density at radius 2 is 2.00 bits per heavy atom. The first-order chi connectivity index (χ1) is 9.25. The van der Waals surface area contributed by atoms with Crippen LogP contribution in [0.25, 0.3) is 6.08 Å². The number of hydrazone groups is 1. The van der Waals surface area contributed by atoms with E-state index in [0.29, 0.717) is 5.57 Å². The lowest BCUT2D eigenvalue weighted by Gasteiger charge is -2.10. The highest BCUT2D eigenvalue weighted by molar-refractivity contribution is 7.08. The van der Waals surface area contributed by atoms with Crippen molar-refractivity contribution in [3.63, 3.8) is 0 Å². The SMILES string of the molecule is CC1=NN(c2ccccc2)C(=O)/C1=C/c1ccsc1. The molecule has 1 aromatic heterocycles. The Morgan fingerprint density at radius 1 is 1.21 bits per heavy atom. The van der Waals surface area contributed by atoms with E-state index in [1.807, 2.05) is 60.2 Å². The summed E-state index contributed by atoms with van der Waals surface area (Å²) in [5.74, 6) is -0.0742. The normalized spacial score (nSPS) is 17.1. The molecule has 2 aromatic rings. The van der Waals surface area contributed by atoms with E-state index in [4.69, 9.17) is 0 Å². The molecule has 0 spiro atoms. The summed E-state index contributed by atoms with van der Waals surface area (Å²) in [6.45, 7) is 1.86. The minimum Gasteiger partial charge on any atom is -0.267 e. The summed E-state index contributed by atoms with van der Waals surface area (Å²) in [6.07, 6.45) is 1.89. The quantitative estimate of drug-likeness (QED) is 0.767. The number of hydrogen-bond donors (Lipinski definition) is 0.